The van der Waals surface area contributed by atoms with Crippen LogP contribution >= 0.6 is 11.3 Å². The molecule has 2 heterocycles. The highest BCUT2D eigenvalue weighted by atomic mass is 32.1. The molecule has 0 amide bonds. The van der Waals surface area contributed by atoms with Crippen LogP contribution in [0, 0.1) is 18.3 Å². The standard InChI is InChI=1S/C14H25N3S/c1-10-12(8-15-5)18-13(16-10)17-7-6-11(9-17)14(2,3)4/h11,15H,6-9H2,1-5H3. The third kappa shape index (κ3) is 2.86. The van der Waals surface area contributed by atoms with Gasteiger partial charge >= 0.3 is 0 Å². The number of aromatic nitrogens is 1. The summed E-state index contributed by atoms with van der Waals surface area (Å²) in [5.41, 5.74) is 1.60. The highest BCUT2D eigenvalue weighted by molar-refractivity contribution is 7.15. The average molecular weight is 267 g/mol. The number of hydrogen-bond acceptors (Lipinski definition) is 4. The van der Waals surface area contributed by atoms with Gasteiger partial charge in [0.1, 0.15) is 0 Å². The van der Waals surface area contributed by atoms with Crippen LogP contribution in [0.15, 0.2) is 0 Å². The smallest absolute Gasteiger partial charge is 0.185 e. The van der Waals surface area contributed by atoms with Crippen molar-refractivity contribution >= 4 is 16.5 Å². The van der Waals surface area contributed by atoms with Gasteiger partial charge in [-0.1, -0.05) is 20.8 Å². The second-order valence-corrected chi connectivity index (χ2v) is 7.40. The molecule has 1 saturated heterocycles. The summed E-state index contributed by atoms with van der Waals surface area (Å²) in [6, 6.07) is 0. The summed E-state index contributed by atoms with van der Waals surface area (Å²) in [6.07, 6.45) is 1.30. The van der Waals surface area contributed by atoms with Crippen LogP contribution in [0.4, 0.5) is 5.13 Å². The summed E-state index contributed by atoms with van der Waals surface area (Å²) in [7, 11) is 1.99. The minimum absolute atomic E-state index is 0.412. The summed E-state index contributed by atoms with van der Waals surface area (Å²) in [5, 5.41) is 4.43. The Kier molecular flexibility index (Phi) is 3.97. The predicted octanol–water partition coefficient (Wildman–Crippen LogP) is 3.04. The number of thiazole rings is 1. The van der Waals surface area contributed by atoms with Crippen LogP contribution in [-0.2, 0) is 6.54 Å². The van der Waals surface area contributed by atoms with Crippen LogP contribution in [-0.4, -0.2) is 25.1 Å². The van der Waals surface area contributed by atoms with Crippen molar-refractivity contribution in [3.8, 4) is 0 Å². The average Bonchev–Trinajstić information content (AvgIpc) is 2.85. The zero-order valence-corrected chi connectivity index (χ0v) is 13.0. The first-order valence-electron chi connectivity index (χ1n) is 6.77. The zero-order valence-electron chi connectivity index (χ0n) is 12.2. The molecule has 18 heavy (non-hydrogen) atoms. The molecule has 1 unspecified atom stereocenters. The first-order valence-corrected chi connectivity index (χ1v) is 7.59. The third-order valence-corrected chi connectivity index (χ3v) is 5.12. The number of anilines is 1. The topological polar surface area (TPSA) is 28.2 Å². The molecule has 0 bridgehead atoms. The molecule has 1 atom stereocenters. The van der Waals surface area contributed by atoms with E-state index in [4.69, 9.17) is 4.98 Å². The van der Waals surface area contributed by atoms with Gasteiger partial charge in [0.2, 0.25) is 0 Å². The van der Waals surface area contributed by atoms with E-state index in [0.717, 1.165) is 25.6 Å². The van der Waals surface area contributed by atoms with Crippen molar-refractivity contribution < 1.29 is 0 Å². The molecule has 0 aliphatic carbocycles. The molecule has 1 aromatic rings. The van der Waals surface area contributed by atoms with Crippen LogP contribution in [0.25, 0.3) is 0 Å². The fourth-order valence-corrected chi connectivity index (χ4v) is 3.62. The lowest BCUT2D eigenvalue weighted by molar-refractivity contribution is 0.263. The summed E-state index contributed by atoms with van der Waals surface area (Å²) in [4.78, 5) is 8.56. The molecule has 0 aromatic carbocycles. The number of nitrogens with zero attached hydrogens (tertiary/aromatic N) is 2. The van der Waals surface area contributed by atoms with E-state index in [2.05, 4.69) is 37.9 Å². The van der Waals surface area contributed by atoms with Crippen molar-refractivity contribution in [3.63, 3.8) is 0 Å². The maximum Gasteiger partial charge on any atom is 0.185 e. The van der Waals surface area contributed by atoms with Gasteiger partial charge in [-0.05, 0) is 31.7 Å². The molecule has 1 aromatic heterocycles. The minimum atomic E-state index is 0.412. The molecule has 1 N–H and O–H groups in total. The lowest BCUT2D eigenvalue weighted by atomic mass is 9.80. The second kappa shape index (κ2) is 5.17. The van der Waals surface area contributed by atoms with E-state index in [9.17, 15) is 0 Å². The molecule has 1 aliphatic rings. The van der Waals surface area contributed by atoms with Crippen molar-refractivity contribution in [1.29, 1.82) is 0 Å². The fourth-order valence-electron chi connectivity index (χ4n) is 2.51. The molecule has 4 heteroatoms. The summed E-state index contributed by atoms with van der Waals surface area (Å²) in [5.74, 6) is 0.787. The third-order valence-electron chi connectivity index (χ3n) is 3.90. The fraction of sp³-hybridized carbons (Fsp3) is 0.786. The summed E-state index contributed by atoms with van der Waals surface area (Å²) >= 11 is 1.85. The van der Waals surface area contributed by atoms with Crippen molar-refractivity contribution in [3.05, 3.63) is 10.6 Å². The number of rotatable bonds is 3. The van der Waals surface area contributed by atoms with Gasteiger partial charge < -0.3 is 10.2 Å². The van der Waals surface area contributed by atoms with Crippen molar-refractivity contribution in [2.24, 2.45) is 11.3 Å². The van der Waals surface area contributed by atoms with E-state index in [0.29, 0.717) is 5.41 Å². The van der Waals surface area contributed by atoms with E-state index < -0.39 is 0 Å². The number of nitrogens with one attached hydrogen (secondary N) is 1. The first kappa shape index (κ1) is 13.8. The number of hydrogen-bond donors (Lipinski definition) is 1. The monoisotopic (exact) mass is 267 g/mol. The Bertz CT molecular complexity index is 406. The zero-order chi connectivity index (χ0) is 13.3. The highest BCUT2D eigenvalue weighted by Crippen LogP contribution is 2.37. The van der Waals surface area contributed by atoms with Gasteiger partial charge in [-0.25, -0.2) is 4.98 Å². The van der Waals surface area contributed by atoms with Gasteiger partial charge in [0, 0.05) is 24.5 Å². The SMILES string of the molecule is CNCc1sc(N2CCC(C(C)(C)C)C2)nc1C. The van der Waals surface area contributed by atoms with Crippen molar-refractivity contribution in [2.45, 2.75) is 40.7 Å². The molecule has 1 aliphatic heterocycles. The Labute approximate surface area is 115 Å². The molecule has 0 spiro atoms. The first-order chi connectivity index (χ1) is 8.41. The Morgan fingerprint density at radius 1 is 1.44 bits per heavy atom. The normalized spacial score (nSPS) is 20.7. The minimum Gasteiger partial charge on any atom is -0.348 e. The Morgan fingerprint density at radius 2 is 2.17 bits per heavy atom. The van der Waals surface area contributed by atoms with Crippen LogP contribution in [0.5, 0.6) is 0 Å². The maximum absolute atomic E-state index is 4.73. The Morgan fingerprint density at radius 3 is 2.72 bits per heavy atom. The largest absolute Gasteiger partial charge is 0.348 e. The molecule has 3 nitrogen and oxygen atoms in total. The van der Waals surface area contributed by atoms with Crippen LogP contribution < -0.4 is 10.2 Å². The molecule has 102 valence electrons. The molecule has 0 saturated carbocycles. The van der Waals surface area contributed by atoms with Gasteiger partial charge in [0.25, 0.3) is 0 Å². The van der Waals surface area contributed by atoms with Gasteiger partial charge in [-0.2, -0.15) is 0 Å². The van der Waals surface area contributed by atoms with Gasteiger partial charge in [0.05, 0.1) is 5.69 Å². The predicted molar refractivity (Wildman–Crippen MR) is 79.4 cm³/mol. The van der Waals surface area contributed by atoms with E-state index in [-0.39, 0.29) is 0 Å². The maximum atomic E-state index is 4.73. The Balaban J connectivity index is 2.07. The summed E-state index contributed by atoms with van der Waals surface area (Å²) in [6.45, 7) is 12.4. The quantitative estimate of drug-likeness (QED) is 0.912. The van der Waals surface area contributed by atoms with E-state index in [1.165, 1.54) is 22.1 Å². The second-order valence-electron chi connectivity index (χ2n) is 6.33. The van der Waals surface area contributed by atoms with Crippen LogP contribution in [0.3, 0.4) is 0 Å². The molecular weight excluding hydrogens is 242 g/mol. The van der Waals surface area contributed by atoms with Crippen molar-refractivity contribution in [1.82, 2.24) is 10.3 Å². The molecule has 1 fully saturated rings. The number of aryl methyl sites for hydroxylation is 1. The lowest BCUT2D eigenvalue weighted by Crippen LogP contribution is -2.25. The van der Waals surface area contributed by atoms with Crippen LogP contribution in [0.1, 0.15) is 37.8 Å². The van der Waals surface area contributed by atoms with Gasteiger partial charge in [-0.15, -0.1) is 11.3 Å². The molecule has 2 rings (SSSR count). The lowest BCUT2D eigenvalue weighted by Gasteiger charge is -2.26. The van der Waals surface area contributed by atoms with E-state index >= 15 is 0 Å². The van der Waals surface area contributed by atoms with E-state index in [1.807, 2.05) is 18.4 Å². The van der Waals surface area contributed by atoms with Gasteiger partial charge in [-0.3, -0.25) is 0 Å². The van der Waals surface area contributed by atoms with Gasteiger partial charge in [0.15, 0.2) is 5.13 Å². The van der Waals surface area contributed by atoms with E-state index in [1.54, 1.807) is 0 Å². The molecule has 0 radical (unpaired) electrons. The highest BCUT2D eigenvalue weighted by Gasteiger charge is 2.32. The van der Waals surface area contributed by atoms with Crippen LogP contribution in [0.2, 0.25) is 0 Å². The molecular formula is C14H25N3S. The van der Waals surface area contributed by atoms with Crippen molar-refractivity contribution in [2.75, 3.05) is 25.0 Å². The Hall–Kier alpha value is -0.610. The summed E-state index contributed by atoms with van der Waals surface area (Å²) < 4.78 is 0.